The quantitative estimate of drug-likeness (QED) is 0.760. The number of nitrogens with one attached hydrogen (secondary N) is 1. The Balaban J connectivity index is 0.00000144. The number of piperidine rings is 1. The fraction of sp³-hybridized carbons (Fsp3) is 1.00. The minimum absolute atomic E-state index is 0. The molecule has 0 aromatic carbocycles. The Labute approximate surface area is 84.7 Å². The van der Waals surface area contributed by atoms with Gasteiger partial charge in [-0.3, -0.25) is 0 Å². The lowest BCUT2D eigenvalue weighted by atomic mass is 9.90. The lowest BCUT2D eigenvalue weighted by molar-refractivity contribution is -0.0726. The fourth-order valence-corrected chi connectivity index (χ4v) is 1.75. The molecule has 0 amide bonds. The van der Waals surface area contributed by atoms with Crippen LogP contribution < -0.4 is 5.32 Å². The van der Waals surface area contributed by atoms with E-state index in [1.165, 1.54) is 0 Å². The maximum atomic E-state index is 13.3. The molecule has 80 valence electrons. The van der Waals surface area contributed by atoms with Gasteiger partial charge in [-0.2, -0.15) is 0 Å². The highest BCUT2D eigenvalue weighted by atomic mass is 35.5. The molecule has 0 saturated carbocycles. The van der Waals surface area contributed by atoms with Crippen LogP contribution >= 0.6 is 12.4 Å². The lowest BCUT2D eigenvalue weighted by Gasteiger charge is -2.30. The predicted octanol–water partition coefficient (Wildman–Crippen LogP) is 2.84. The SMILES string of the molecule is CCCC(F)(F)C1CCCNC1.Cl. The molecular formula is C9H18ClF2N. The second-order valence-electron chi connectivity index (χ2n) is 3.55. The van der Waals surface area contributed by atoms with Crippen molar-refractivity contribution in [1.29, 1.82) is 0 Å². The lowest BCUT2D eigenvalue weighted by Crippen LogP contribution is -2.40. The van der Waals surface area contributed by atoms with Crippen molar-refractivity contribution in [3.8, 4) is 0 Å². The van der Waals surface area contributed by atoms with Crippen LogP contribution in [0.1, 0.15) is 32.6 Å². The largest absolute Gasteiger partial charge is 0.316 e. The summed E-state index contributed by atoms with van der Waals surface area (Å²) in [5, 5.41) is 3.02. The topological polar surface area (TPSA) is 12.0 Å². The van der Waals surface area contributed by atoms with E-state index in [4.69, 9.17) is 0 Å². The molecule has 1 aliphatic heterocycles. The molecule has 0 aromatic heterocycles. The summed E-state index contributed by atoms with van der Waals surface area (Å²) >= 11 is 0. The summed E-state index contributed by atoms with van der Waals surface area (Å²) in [6.07, 6.45) is 2.19. The third-order valence-corrected chi connectivity index (χ3v) is 2.48. The minimum Gasteiger partial charge on any atom is -0.316 e. The summed E-state index contributed by atoms with van der Waals surface area (Å²) in [5.41, 5.74) is 0. The van der Waals surface area contributed by atoms with E-state index in [2.05, 4.69) is 5.32 Å². The van der Waals surface area contributed by atoms with Crippen LogP contribution in [0.15, 0.2) is 0 Å². The molecular weight excluding hydrogens is 196 g/mol. The highest BCUT2D eigenvalue weighted by Crippen LogP contribution is 2.33. The van der Waals surface area contributed by atoms with Gasteiger partial charge < -0.3 is 5.32 Å². The Bertz CT molecular complexity index is 136. The normalized spacial score (nSPS) is 23.8. The van der Waals surface area contributed by atoms with Gasteiger partial charge in [0.15, 0.2) is 0 Å². The van der Waals surface area contributed by atoms with Crippen molar-refractivity contribution in [2.75, 3.05) is 13.1 Å². The van der Waals surface area contributed by atoms with E-state index in [0.717, 1.165) is 13.0 Å². The van der Waals surface area contributed by atoms with Gasteiger partial charge in [-0.25, -0.2) is 8.78 Å². The summed E-state index contributed by atoms with van der Waals surface area (Å²) < 4.78 is 26.5. The van der Waals surface area contributed by atoms with Crippen LogP contribution in [0.4, 0.5) is 8.78 Å². The number of alkyl halides is 2. The van der Waals surface area contributed by atoms with Gasteiger partial charge in [0, 0.05) is 18.9 Å². The molecule has 0 spiro atoms. The highest BCUT2D eigenvalue weighted by Gasteiger charge is 2.38. The van der Waals surface area contributed by atoms with Gasteiger partial charge in [-0.05, 0) is 19.4 Å². The summed E-state index contributed by atoms with van der Waals surface area (Å²) in [4.78, 5) is 0. The fourth-order valence-electron chi connectivity index (χ4n) is 1.75. The molecule has 13 heavy (non-hydrogen) atoms. The zero-order valence-electron chi connectivity index (χ0n) is 7.98. The highest BCUT2D eigenvalue weighted by molar-refractivity contribution is 5.85. The first kappa shape index (κ1) is 13.1. The first-order chi connectivity index (χ1) is 5.67. The number of hydrogen-bond donors (Lipinski definition) is 1. The van der Waals surface area contributed by atoms with Crippen molar-refractivity contribution in [3.63, 3.8) is 0 Å². The van der Waals surface area contributed by atoms with E-state index in [0.29, 0.717) is 19.4 Å². The molecule has 1 unspecified atom stereocenters. The van der Waals surface area contributed by atoms with Gasteiger partial charge in [0.1, 0.15) is 0 Å². The van der Waals surface area contributed by atoms with Gasteiger partial charge in [0.05, 0.1) is 0 Å². The zero-order valence-corrected chi connectivity index (χ0v) is 8.80. The minimum atomic E-state index is -2.44. The molecule has 0 aliphatic carbocycles. The number of hydrogen-bond acceptors (Lipinski definition) is 1. The smallest absolute Gasteiger partial charge is 0.252 e. The Morgan fingerprint density at radius 3 is 2.62 bits per heavy atom. The monoisotopic (exact) mass is 213 g/mol. The standard InChI is InChI=1S/C9H17F2N.ClH/c1-2-5-9(10,11)8-4-3-6-12-7-8;/h8,12H,2-7H2,1H3;1H. The molecule has 1 aliphatic rings. The van der Waals surface area contributed by atoms with Crippen LogP contribution in [0.25, 0.3) is 0 Å². The van der Waals surface area contributed by atoms with Crippen LogP contribution in [-0.4, -0.2) is 19.0 Å². The molecule has 0 aromatic rings. The first-order valence-corrected chi connectivity index (χ1v) is 4.75. The van der Waals surface area contributed by atoms with Gasteiger partial charge in [-0.1, -0.05) is 13.3 Å². The zero-order chi connectivity index (χ0) is 9.03. The average molecular weight is 214 g/mol. The second-order valence-corrected chi connectivity index (χ2v) is 3.55. The molecule has 1 heterocycles. The molecule has 1 atom stereocenters. The molecule has 0 radical (unpaired) electrons. The van der Waals surface area contributed by atoms with Gasteiger partial charge in [0.2, 0.25) is 0 Å². The molecule has 0 bridgehead atoms. The predicted molar refractivity (Wildman–Crippen MR) is 52.7 cm³/mol. The van der Waals surface area contributed by atoms with E-state index >= 15 is 0 Å². The Kier molecular flexibility index (Phi) is 5.81. The van der Waals surface area contributed by atoms with Crippen molar-refractivity contribution in [2.24, 2.45) is 5.92 Å². The van der Waals surface area contributed by atoms with Crippen molar-refractivity contribution in [2.45, 2.75) is 38.5 Å². The number of rotatable bonds is 3. The van der Waals surface area contributed by atoms with Crippen molar-refractivity contribution in [1.82, 2.24) is 5.32 Å². The maximum Gasteiger partial charge on any atom is 0.252 e. The van der Waals surface area contributed by atoms with E-state index in [9.17, 15) is 8.78 Å². The van der Waals surface area contributed by atoms with E-state index in [1.807, 2.05) is 6.92 Å². The molecule has 1 nitrogen and oxygen atoms in total. The van der Waals surface area contributed by atoms with E-state index in [-0.39, 0.29) is 18.8 Å². The summed E-state index contributed by atoms with van der Waals surface area (Å²) in [7, 11) is 0. The van der Waals surface area contributed by atoms with E-state index in [1.54, 1.807) is 0 Å². The van der Waals surface area contributed by atoms with Crippen LogP contribution in [0.3, 0.4) is 0 Å². The average Bonchev–Trinajstić information content (AvgIpc) is 2.06. The van der Waals surface area contributed by atoms with Crippen LogP contribution in [0.5, 0.6) is 0 Å². The molecule has 1 N–H and O–H groups in total. The Morgan fingerprint density at radius 1 is 1.46 bits per heavy atom. The van der Waals surface area contributed by atoms with Crippen molar-refractivity contribution < 1.29 is 8.78 Å². The summed E-state index contributed by atoms with van der Waals surface area (Å²) in [6.45, 7) is 3.20. The van der Waals surface area contributed by atoms with Crippen LogP contribution in [-0.2, 0) is 0 Å². The number of halogens is 3. The Hall–Kier alpha value is 0.110. The van der Waals surface area contributed by atoms with Gasteiger partial charge in [-0.15, -0.1) is 12.4 Å². The van der Waals surface area contributed by atoms with Gasteiger partial charge >= 0.3 is 0 Å². The summed E-state index contributed by atoms with van der Waals surface area (Å²) in [6, 6.07) is 0. The van der Waals surface area contributed by atoms with Crippen molar-refractivity contribution in [3.05, 3.63) is 0 Å². The molecule has 1 saturated heterocycles. The Morgan fingerprint density at radius 2 is 2.15 bits per heavy atom. The summed E-state index contributed by atoms with van der Waals surface area (Å²) in [5.74, 6) is -2.87. The first-order valence-electron chi connectivity index (χ1n) is 4.75. The molecule has 1 fully saturated rings. The van der Waals surface area contributed by atoms with Crippen LogP contribution in [0, 0.1) is 5.92 Å². The molecule has 4 heteroatoms. The second kappa shape index (κ2) is 5.76. The van der Waals surface area contributed by atoms with Crippen LogP contribution in [0.2, 0.25) is 0 Å². The van der Waals surface area contributed by atoms with Gasteiger partial charge in [0.25, 0.3) is 5.92 Å². The molecule has 1 rings (SSSR count). The van der Waals surface area contributed by atoms with E-state index < -0.39 is 11.8 Å². The third kappa shape index (κ3) is 3.77. The maximum absolute atomic E-state index is 13.3. The van der Waals surface area contributed by atoms with Crippen molar-refractivity contribution >= 4 is 12.4 Å². The third-order valence-electron chi connectivity index (χ3n) is 2.48.